The molecule has 0 atom stereocenters. The summed E-state index contributed by atoms with van der Waals surface area (Å²) in [7, 11) is 0. The molecular formula is C14H24. The Bertz CT molecular complexity index is 199. The van der Waals surface area contributed by atoms with E-state index in [0.29, 0.717) is 0 Å². The van der Waals surface area contributed by atoms with Gasteiger partial charge in [-0.2, -0.15) is 0 Å². The molecule has 0 aliphatic heterocycles. The minimum absolute atomic E-state index is 0.841. The lowest BCUT2D eigenvalue weighted by Crippen LogP contribution is -1.90. The van der Waals surface area contributed by atoms with E-state index in [1.165, 1.54) is 24.8 Å². The summed E-state index contributed by atoms with van der Waals surface area (Å²) >= 11 is 0. The maximum Gasteiger partial charge on any atom is -0.0279 e. The Balaban J connectivity index is 0.000000791. The second-order valence-electron chi connectivity index (χ2n) is 3.77. The molecule has 0 heteroatoms. The summed E-state index contributed by atoms with van der Waals surface area (Å²) in [6, 6.07) is 10.7. The molecule has 0 N–H and O–H groups in total. The van der Waals surface area contributed by atoms with Crippen molar-refractivity contribution in [2.24, 2.45) is 5.92 Å². The van der Waals surface area contributed by atoms with Crippen LogP contribution in [0.4, 0.5) is 0 Å². The third-order valence-corrected chi connectivity index (χ3v) is 2.09. The van der Waals surface area contributed by atoms with Crippen LogP contribution in [0.2, 0.25) is 0 Å². The van der Waals surface area contributed by atoms with Crippen LogP contribution in [-0.4, -0.2) is 0 Å². The van der Waals surface area contributed by atoms with Crippen LogP contribution in [0, 0.1) is 5.92 Å². The molecule has 0 unspecified atom stereocenters. The monoisotopic (exact) mass is 192 g/mol. The van der Waals surface area contributed by atoms with E-state index in [1.807, 2.05) is 13.8 Å². The molecule has 0 saturated carbocycles. The van der Waals surface area contributed by atoms with E-state index in [4.69, 9.17) is 0 Å². The van der Waals surface area contributed by atoms with Gasteiger partial charge in [0.05, 0.1) is 0 Å². The van der Waals surface area contributed by atoms with Crippen molar-refractivity contribution in [3.05, 3.63) is 35.9 Å². The molecule has 14 heavy (non-hydrogen) atoms. The first-order valence-corrected chi connectivity index (χ1v) is 5.83. The van der Waals surface area contributed by atoms with Gasteiger partial charge in [0.25, 0.3) is 0 Å². The van der Waals surface area contributed by atoms with Crippen molar-refractivity contribution in [3.63, 3.8) is 0 Å². The molecule has 0 amide bonds. The van der Waals surface area contributed by atoms with E-state index in [0.717, 1.165) is 5.92 Å². The van der Waals surface area contributed by atoms with Gasteiger partial charge in [-0.25, -0.2) is 0 Å². The Morgan fingerprint density at radius 1 is 1.00 bits per heavy atom. The quantitative estimate of drug-likeness (QED) is 0.649. The van der Waals surface area contributed by atoms with Gasteiger partial charge in [-0.05, 0) is 24.3 Å². The van der Waals surface area contributed by atoms with Crippen LogP contribution in [0.5, 0.6) is 0 Å². The summed E-state index contributed by atoms with van der Waals surface area (Å²) in [4.78, 5) is 0. The summed E-state index contributed by atoms with van der Waals surface area (Å²) in [5.74, 6) is 0.841. The number of rotatable bonds is 4. The largest absolute Gasteiger partial charge is 0.0683 e. The fraction of sp³-hybridized carbons (Fsp3) is 0.571. The van der Waals surface area contributed by atoms with Crippen LogP contribution >= 0.6 is 0 Å². The minimum Gasteiger partial charge on any atom is -0.0683 e. The van der Waals surface area contributed by atoms with Gasteiger partial charge < -0.3 is 0 Å². The second kappa shape index (κ2) is 8.80. The van der Waals surface area contributed by atoms with Crippen LogP contribution in [0.15, 0.2) is 30.3 Å². The fourth-order valence-corrected chi connectivity index (χ4v) is 1.36. The van der Waals surface area contributed by atoms with Crippen LogP contribution in [0.25, 0.3) is 0 Å². The highest BCUT2D eigenvalue weighted by Crippen LogP contribution is 2.09. The number of hydrogen-bond acceptors (Lipinski definition) is 0. The van der Waals surface area contributed by atoms with Crippen molar-refractivity contribution in [1.82, 2.24) is 0 Å². The second-order valence-corrected chi connectivity index (χ2v) is 3.77. The van der Waals surface area contributed by atoms with Gasteiger partial charge in [-0.1, -0.05) is 64.4 Å². The van der Waals surface area contributed by atoms with E-state index < -0.39 is 0 Å². The molecule has 0 aliphatic rings. The number of hydrogen-bond donors (Lipinski definition) is 0. The third-order valence-electron chi connectivity index (χ3n) is 2.09. The van der Waals surface area contributed by atoms with Crippen molar-refractivity contribution in [2.75, 3.05) is 0 Å². The molecule has 1 aromatic rings. The van der Waals surface area contributed by atoms with Gasteiger partial charge in [-0.15, -0.1) is 0 Å². The molecule has 0 saturated heterocycles. The predicted octanol–water partition coefficient (Wildman–Crippen LogP) is 4.69. The normalized spacial score (nSPS) is 9.50. The van der Waals surface area contributed by atoms with Gasteiger partial charge in [0.15, 0.2) is 0 Å². The van der Waals surface area contributed by atoms with Crippen LogP contribution in [0.3, 0.4) is 0 Å². The van der Waals surface area contributed by atoms with E-state index in [1.54, 1.807) is 0 Å². The molecule has 0 aliphatic carbocycles. The molecular weight excluding hydrogens is 168 g/mol. The van der Waals surface area contributed by atoms with Gasteiger partial charge in [0.2, 0.25) is 0 Å². The average Bonchev–Trinajstić information content (AvgIpc) is 2.22. The molecule has 0 radical (unpaired) electrons. The van der Waals surface area contributed by atoms with E-state index in [-0.39, 0.29) is 0 Å². The lowest BCUT2D eigenvalue weighted by Gasteiger charge is -2.03. The zero-order chi connectivity index (χ0) is 10.8. The Labute approximate surface area is 89.4 Å². The van der Waals surface area contributed by atoms with Crippen LogP contribution in [-0.2, 0) is 6.42 Å². The Kier molecular flexibility index (Phi) is 8.31. The molecule has 1 aromatic carbocycles. The molecule has 80 valence electrons. The minimum atomic E-state index is 0.841. The summed E-state index contributed by atoms with van der Waals surface area (Å²) in [6.45, 7) is 8.57. The Hall–Kier alpha value is -0.780. The zero-order valence-corrected chi connectivity index (χ0v) is 10.1. The van der Waals surface area contributed by atoms with Gasteiger partial charge in [0, 0.05) is 0 Å². The van der Waals surface area contributed by atoms with E-state index >= 15 is 0 Å². The van der Waals surface area contributed by atoms with Gasteiger partial charge in [-0.3, -0.25) is 0 Å². The maximum absolute atomic E-state index is 2.28. The molecule has 0 fully saturated rings. The topological polar surface area (TPSA) is 0 Å². The highest BCUT2D eigenvalue weighted by Gasteiger charge is 1.94. The standard InChI is InChI=1S/C12H18.C2H6/c1-11(2)7-6-10-12-8-4-3-5-9-12;1-2/h3-5,8-9,11H,6-7,10H2,1-2H3;1-2H3. The third kappa shape index (κ3) is 6.71. The first-order valence-electron chi connectivity index (χ1n) is 5.83. The van der Waals surface area contributed by atoms with Crippen molar-refractivity contribution in [3.8, 4) is 0 Å². The zero-order valence-electron chi connectivity index (χ0n) is 10.1. The summed E-state index contributed by atoms with van der Waals surface area (Å²) in [5.41, 5.74) is 1.47. The summed E-state index contributed by atoms with van der Waals surface area (Å²) in [6.07, 6.45) is 3.90. The highest BCUT2D eigenvalue weighted by molar-refractivity contribution is 5.14. The van der Waals surface area contributed by atoms with Crippen LogP contribution in [0.1, 0.15) is 46.1 Å². The molecule has 0 spiro atoms. The van der Waals surface area contributed by atoms with Gasteiger partial charge >= 0.3 is 0 Å². The van der Waals surface area contributed by atoms with Crippen molar-refractivity contribution < 1.29 is 0 Å². The van der Waals surface area contributed by atoms with E-state index in [9.17, 15) is 0 Å². The average molecular weight is 192 g/mol. The first-order chi connectivity index (χ1) is 6.79. The number of aryl methyl sites for hydroxylation is 1. The molecule has 0 aromatic heterocycles. The Morgan fingerprint density at radius 3 is 2.07 bits per heavy atom. The highest BCUT2D eigenvalue weighted by atomic mass is 14.0. The molecule has 1 rings (SSSR count). The SMILES string of the molecule is CC.CC(C)CCCc1ccccc1. The summed E-state index contributed by atoms with van der Waals surface area (Å²) in [5, 5.41) is 0. The molecule has 0 nitrogen and oxygen atoms in total. The van der Waals surface area contributed by atoms with Crippen LogP contribution < -0.4 is 0 Å². The lowest BCUT2D eigenvalue weighted by molar-refractivity contribution is 0.556. The van der Waals surface area contributed by atoms with E-state index in [2.05, 4.69) is 44.2 Å². The summed E-state index contributed by atoms with van der Waals surface area (Å²) < 4.78 is 0. The first kappa shape index (κ1) is 13.2. The van der Waals surface area contributed by atoms with Crippen molar-refractivity contribution in [2.45, 2.75) is 47.0 Å². The maximum atomic E-state index is 2.28. The fourth-order valence-electron chi connectivity index (χ4n) is 1.36. The molecule has 0 heterocycles. The van der Waals surface area contributed by atoms with Crippen molar-refractivity contribution in [1.29, 1.82) is 0 Å². The smallest absolute Gasteiger partial charge is 0.0279 e. The number of benzene rings is 1. The predicted molar refractivity (Wildman–Crippen MR) is 65.6 cm³/mol. The van der Waals surface area contributed by atoms with Crippen molar-refractivity contribution >= 4 is 0 Å². The van der Waals surface area contributed by atoms with Gasteiger partial charge in [0.1, 0.15) is 0 Å². The molecule has 0 bridgehead atoms. The Morgan fingerprint density at radius 2 is 1.57 bits per heavy atom. The lowest BCUT2D eigenvalue weighted by atomic mass is 10.0.